The number of hydrogen-bond acceptors (Lipinski definition) is 6. The fourth-order valence-electron chi connectivity index (χ4n) is 5.06. The second-order valence-electron chi connectivity index (χ2n) is 9.88. The van der Waals surface area contributed by atoms with E-state index in [0.717, 1.165) is 25.7 Å². The van der Waals surface area contributed by atoms with Gasteiger partial charge in [-0.15, -0.1) is 0 Å². The van der Waals surface area contributed by atoms with Gasteiger partial charge in [0.15, 0.2) is 0 Å². The number of cyclic esters (lactones) is 1. The lowest BCUT2D eigenvalue weighted by atomic mass is 9.90. The average Bonchev–Trinajstić information content (AvgIpc) is 3.43. The van der Waals surface area contributed by atoms with Gasteiger partial charge in [-0.2, -0.15) is 0 Å². The summed E-state index contributed by atoms with van der Waals surface area (Å²) in [7, 11) is 0. The molecule has 0 spiro atoms. The maximum Gasteiger partial charge on any atom is 0.410 e. The summed E-state index contributed by atoms with van der Waals surface area (Å²) < 4.78 is 21.9. The summed E-state index contributed by atoms with van der Waals surface area (Å²) in [5.74, 6) is 0.408. The molecule has 1 aliphatic heterocycles. The number of halogens is 1. The van der Waals surface area contributed by atoms with E-state index in [4.69, 9.17) is 9.72 Å². The van der Waals surface area contributed by atoms with Crippen LogP contribution in [-0.2, 0) is 11.3 Å². The predicted octanol–water partition coefficient (Wildman–Crippen LogP) is 4.07. The van der Waals surface area contributed by atoms with Gasteiger partial charge in [-0.05, 0) is 61.9 Å². The van der Waals surface area contributed by atoms with Crippen LogP contribution in [-0.4, -0.2) is 55.3 Å². The fourth-order valence-corrected chi connectivity index (χ4v) is 5.06. The Balaban J connectivity index is 1.37. The van der Waals surface area contributed by atoms with E-state index in [-0.39, 0.29) is 35.6 Å². The first-order valence-electron chi connectivity index (χ1n) is 12.5. The van der Waals surface area contributed by atoms with Crippen molar-refractivity contribution in [2.45, 2.75) is 58.2 Å². The van der Waals surface area contributed by atoms with Gasteiger partial charge in [0.1, 0.15) is 12.4 Å². The number of benzene rings is 1. The van der Waals surface area contributed by atoms with E-state index in [1.54, 1.807) is 39.7 Å². The summed E-state index contributed by atoms with van der Waals surface area (Å²) in [6.07, 6.45) is 6.86. The van der Waals surface area contributed by atoms with Crippen molar-refractivity contribution in [2.75, 3.05) is 18.5 Å². The molecule has 10 heteroatoms. The molecule has 1 aromatic carbocycles. The Hall–Kier alpha value is -3.69. The summed E-state index contributed by atoms with van der Waals surface area (Å²) in [6, 6.07) is 8.06. The molecule has 3 heterocycles. The zero-order valence-electron chi connectivity index (χ0n) is 20.6. The number of ether oxygens (including phenoxy) is 1. The zero-order valence-corrected chi connectivity index (χ0v) is 20.6. The molecule has 36 heavy (non-hydrogen) atoms. The molecule has 2 aromatic heterocycles. The lowest BCUT2D eigenvalue weighted by molar-refractivity contribution is 0.138. The van der Waals surface area contributed by atoms with Gasteiger partial charge in [0.25, 0.3) is 0 Å². The second-order valence-corrected chi connectivity index (χ2v) is 9.88. The highest BCUT2D eigenvalue weighted by Crippen LogP contribution is 2.27. The fraction of sp³-hybridized carbons (Fsp3) is 0.462. The molecule has 9 nitrogen and oxygen atoms in total. The first kappa shape index (κ1) is 24.0. The number of rotatable bonds is 7. The van der Waals surface area contributed by atoms with Crippen molar-refractivity contribution in [1.29, 1.82) is 0 Å². The Morgan fingerprint density at radius 2 is 1.86 bits per heavy atom. The third kappa shape index (κ3) is 4.98. The molecule has 3 aromatic rings. The van der Waals surface area contributed by atoms with E-state index in [2.05, 4.69) is 24.1 Å². The zero-order chi connectivity index (χ0) is 25.2. The molecule has 0 atom stereocenters. The number of nitrogens with one attached hydrogen (secondary N) is 1. The summed E-state index contributed by atoms with van der Waals surface area (Å²) in [5.41, 5.74) is 1.60. The molecule has 1 amide bonds. The lowest BCUT2D eigenvalue weighted by Crippen LogP contribution is -2.41. The van der Waals surface area contributed by atoms with E-state index in [0.29, 0.717) is 42.7 Å². The number of aromatic nitrogens is 4. The number of carbonyl (C=O) groups is 1. The van der Waals surface area contributed by atoms with Crippen LogP contribution in [0.4, 0.5) is 15.1 Å². The van der Waals surface area contributed by atoms with Crippen LogP contribution in [0.25, 0.3) is 17.1 Å². The van der Waals surface area contributed by atoms with Gasteiger partial charge < -0.3 is 15.0 Å². The largest absolute Gasteiger partial charge is 0.448 e. The van der Waals surface area contributed by atoms with E-state index in [1.807, 2.05) is 4.90 Å². The molecule has 0 bridgehead atoms. The third-order valence-corrected chi connectivity index (χ3v) is 6.78. The predicted molar refractivity (Wildman–Crippen MR) is 134 cm³/mol. The van der Waals surface area contributed by atoms with Crippen molar-refractivity contribution in [3.63, 3.8) is 0 Å². The number of amides is 1. The molecular formula is C26H31FN6O3. The minimum absolute atomic E-state index is 0.194. The highest BCUT2D eigenvalue weighted by molar-refractivity contribution is 5.69. The molecule has 1 saturated heterocycles. The van der Waals surface area contributed by atoms with Crippen LogP contribution in [0.15, 0.2) is 47.5 Å². The number of hydrogen-bond donors (Lipinski definition) is 1. The number of carbonyl (C=O) groups excluding carboxylic acids is 1. The second kappa shape index (κ2) is 10.1. The van der Waals surface area contributed by atoms with Gasteiger partial charge in [0.2, 0.25) is 5.95 Å². The van der Waals surface area contributed by atoms with Crippen molar-refractivity contribution in [1.82, 2.24) is 24.0 Å². The Kier molecular flexibility index (Phi) is 6.75. The van der Waals surface area contributed by atoms with E-state index >= 15 is 0 Å². The minimum Gasteiger partial charge on any atom is -0.448 e. The Bertz CT molecular complexity index is 1280. The molecule has 1 aliphatic carbocycles. The number of anilines is 1. The molecule has 1 saturated carbocycles. The van der Waals surface area contributed by atoms with E-state index < -0.39 is 0 Å². The highest BCUT2D eigenvalue weighted by Gasteiger charge is 2.33. The van der Waals surface area contributed by atoms with Crippen LogP contribution in [0.3, 0.4) is 0 Å². The molecule has 1 N–H and O–H groups in total. The quantitative estimate of drug-likeness (QED) is 0.532. The monoisotopic (exact) mass is 494 g/mol. The van der Waals surface area contributed by atoms with Crippen LogP contribution >= 0.6 is 0 Å². The first-order chi connectivity index (χ1) is 17.4. The van der Waals surface area contributed by atoms with E-state index in [1.165, 1.54) is 12.1 Å². The maximum atomic E-state index is 13.6. The molecular weight excluding hydrogens is 463 g/mol. The van der Waals surface area contributed by atoms with Crippen LogP contribution in [0, 0.1) is 11.7 Å². The average molecular weight is 495 g/mol. The molecule has 0 radical (unpaired) electrons. The summed E-state index contributed by atoms with van der Waals surface area (Å²) in [6.45, 7) is 5.80. The summed E-state index contributed by atoms with van der Waals surface area (Å²) in [5, 5.41) is 3.43. The van der Waals surface area contributed by atoms with Crippen molar-refractivity contribution < 1.29 is 13.9 Å². The van der Waals surface area contributed by atoms with Gasteiger partial charge >= 0.3 is 11.8 Å². The maximum absolute atomic E-state index is 13.6. The van der Waals surface area contributed by atoms with Crippen molar-refractivity contribution in [2.24, 2.45) is 5.92 Å². The Morgan fingerprint density at radius 3 is 2.53 bits per heavy atom. The molecule has 2 fully saturated rings. The van der Waals surface area contributed by atoms with Gasteiger partial charge in [-0.25, -0.2) is 23.9 Å². The van der Waals surface area contributed by atoms with Gasteiger partial charge in [0, 0.05) is 31.0 Å². The summed E-state index contributed by atoms with van der Waals surface area (Å²) in [4.78, 5) is 36.1. The van der Waals surface area contributed by atoms with Crippen LogP contribution in [0.1, 0.15) is 39.5 Å². The molecule has 190 valence electrons. The molecule has 2 aliphatic rings. The highest BCUT2D eigenvalue weighted by atomic mass is 19.1. The molecule has 5 rings (SSSR count). The standard InChI is InChI=1S/C26H31FN6O3/c1-17(2)15-31-16-23(33(25(31)34)21-7-3-18(27)4-8-21)22-11-12-28-24(30-22)29-19-5-9-20(10-6-19)32-13-14-36-26(32)35/h3-4,7-8,11-12,16-17,19-20H,5-6,9-10,13-15H2,1-2H3,(H,28,29,30). The smallest absolute Gasteiger partial charge is 0.410 e. The SMILES string of the molecule is CC(C)Cn1cc(-c2ccnc(NC3CCC(N4CCOC4=O)CC3)n2)n(-c2ccc(F)cc2)c1=O. The van der Waals surface area contributed by atoms with E-state index in [9.17, 15) is 14.0 Å². The normalized spacial score (nSPS) is 20.1. The molecule has 0 unspecified atom stereocenters. The van der Waals surface area contributed by atoms with Crippen molar-refractivity contribution in [3.05, 3.63) is 59.0 Å². The van der Waals surface area contributed by atoms with Crippen molar-refractivity contribution >= 4 is 12.0 Å². The van der Waals surface area contributed by atoms with Crippen LogP contribution in [0.5, 0.6) is 0 Å². The first-order valence-corrected chi connectivity index (χ1v) is 12.5. The minimum atomic E-state index is -0.361. The summed E-state index contributed by atoms with van der Waals surface area (Å²) >= 11 is 0. The van der Waals surface area contributed by atoms with Crippen molar-refractivity contribution in [3.8, 4) is 17.1 Å². The lowest BCUT2D eigenvalue weighted by Gasteiger charge is -2.33. The van der Waals surface area contributed by atoms with Crippen LogP contribution < -0.4 is 11.0 Å². The number of nitrogens with zero attached hydrogens (tertiary/aromatic N) is 5. The Morgan fingerprint density at radius 1 is 1.11 bits per heavy atom. The van der Waals surface area contributed by atoms with Gasteiger partial charge in [0.05, 0.1) is 23.6 Å². The third-order valence-electron chi connectivity index (χ3n) is 6.78. The Labute approximate surface area is 208 Å². The number of imidazole rings is 1. The van der Waals surface area contributed by atoms with Gasteiger partial charge in [-0.3, -0.25) is 9.13 Å². The van der Waals surface area contributed by atoms with Gasteiger partial charge in [-0.1, -0.05) is 13.8 Å². The van der Waals surface area contributed by atoms with Crippen LogP contribution in [0.2, 0.25) is 0 Å². The topological polar surface area (TPSA) is 94.3 Å².